The van der Waals surface area contributed by atoms with Gasteiger partial charge in [-0.2, -0.15) is 0 Å². The van der Waals surface area contributed by atoms with Gasteiger partial charge in [0.05, 0.1) is 10.5 Å². The van der Waals surface area contributed by atoms with E-state index < -0.39 is 5.97 Å². The number of hydrogen-bond acceptors (Lipinski definition) is 5. The van der Waals surface area contributed by atoms with Gasteiger partial charge >= 0.3 is 5.97 Å². The number of thioether (sulfide) groups is 1. The molecule has 8 heteroatoms. The number of allylic oxidation sites excluding steroid dienone is 1. The number of hydrogen-bond donors (Lipinski definition) is 2. The fraction of sp³-hybridized carbons (Fsp3) is 0.182. The second kappa shape index (κ2) is 9.69. The van der Waals surface area contributed by atoms with Crippen molar-refractivity contribution in [3.8, 4) is 0 Å². The molecule has 0 spiro atoms. The minimum absolute atomic E-state index is 0.0506. The topological polar surface area (TPSA) is 86.7 Å². The highest BCUT2D eigenvalue weighted by molar-refractivity contribution is 8.26. The second-order valence-electron chi connectivity index (χ2n) is 6.77. The number of aryl methyl sites for hydroxylation is 1. The van der Waals surface area contributed by atoms with Crippen LogP contribution in [0.3, 0.4) is 0 Å². The SMILES string of the molecule is Cc1ccc(C/C=C2\SC(=S)N(CCC(=O)Nc3cccc(C(=O)O)c3)C2=O)cc1. The quantitative estimate of drug-likeness (QED) is 0.500. The predicted molar refractivity (Wildman–Crippen MR) is 122 cm³/mol. The van der Waals surface area contributed by atoms with Crippen LogP contribution >= 0.6 is 24.0 Å². The maximum absolute atomic E-state index is 12.6. The van der Waals surface area contributed by atoms with Gasteiger partial charge in [0.1, 0.15) is 4.32 Å². The van der Waals surface area contributed by atoms with Crippen LogP contribution in [0.25, 0.3) is 0 Å². The minimum Gasteiger partial charge on any atom is -0.478 e. The number of rotatable bonds is 7. The summed E-state index contributed by atoms with van der Waals surface area (Å²) in [6.45, 7) is 2.19. The van der Waals surface area contributed by atoms with E-state index in [1.807, 2.05) is 37.3 Å². The number of aromatic carboxylic acids is 1. The lowest BCUT2D eigenvalue weighted by Gasteiger charge is -2.14. The molecule has 2 aromatic carbocycles. The molecule has 0 radical (unpaired) electrons. The van der Waals surface area contributed by atoms with Gasteiger partial charge in [-0.3, -0.25) is 14.5 Å². The number of anilines is 1. The smallest absolute Gasteiger partial charge is 0.335 e. The van der Waals surface area contributed by atoms with Gasteiger partial charge < -0.3 is 10.4 Å². The Labute approximate surface area is 184 Å². The average molecular weight is 441 g/mol. The number of carboxylic acid groups (broad SMARTS) is 1. The fourth-order valence-corrected chi connectivity index (χ4v) is 4.11. The summed E-state index contributed by atoms with van der Waals surface area (Å²) in [5.74, 6) is -1.59. The third-order valence-corrected chi connectivity index (χ3v) is 5.90. The summed E-state index contributed by atoms with van der Waals surface area (Å²) in [5.41, 5.74) is 2.76. The first-order chi connectivity index (χ1) is 14.3. The van der Waals surface area contributed by atoms with Crippen LogP contribution in [0.2, 0.25) is 0 Å². The monoisotopic (exact) mass is 440 g/mol. The molecule has 1 aliphatic rings. The number of carbonyl (C=O) groups excluding carboxylic acids is 2. The highest BCUT2D eigenvalue weighted by atomic mass is 32.2. The number of nitrogens with zero attached hydrogens (tertiary/aromatic N) is 1. The molecule has 2 aromatic rings. The minimum atomic E-state index is -1.07. The van der Waals surface area contributed by atoms with Crippen LogP contribution in [0, 0.1) is 6.92 Å². The van der Waals surface area contributed by atoms with Crippen molar-refractivity contribution < 1.29 is 19.5 Å². The number of amides is 2. The summed E-state index contributed by atoms with van der Waals surface area (Å²) in [5, 5.41) is 11.7. The third-order valence-electron chi connectivity index (χ3n) is 4.47. The normalized spacial score (nSPS) is 15.0. The van der Waals surface area contributed by atoms with Crippen LogP contribution in [0.5, 0.6) is 0 Å². The van der Waals surface area contributed by atoms with Crippen LogP contribution in [-0.4, -0.2) is 38.7 Å². The lowest BCUT2D eigenvalue weighted by Crippen LogP contribution is -2.31. The molecular weight excluding hydrogens is 420 g/mol. The first kappa shape index (κ1) is 21.7. The molecule has 0 saturated carbocycles. The summed E-state index contributed by atoms with van der Waals surface area (Å²) in [6.07, 6.45) is 2.54. The molecule has 0 aliphatic carbocycles. The first-order valence-corrected chi connectivity index (χ1v) is 10.5. The van der Waals surface area contributed by atoms with Gasteiger partial charge in [-0.25, -0.2) is 4.79 Å². The Morgan fingerprint density at radius 1 is 1.20 bits per heavy atom. The zero-order valence-corrected chi connectivity index (χ0v) is 17.9. The van der Waals surface area contributed by atoms with E-state index in [0.717, 1.165) is 5.56 Å². The molecule has 1 heterocycles. The van der Waals surface area contributed by atoms with Crippen molar-refractivity contribution >= 4 is 51.8 Å². The summed E-state index contributed by atoms with van der Waals surface area (Å²) in [7, 11) is 0. The van der Waals surface area contributed by atoms with Gasteiger partial charge in [0.15, 0.2) is 0 Å². The maximum atomic E-state index is 12.6. The molecule has 154 valence electrons. The second-order valence-corrected chi connectivity index (χ2v) is 8.44. The standard InChI is InChI=1S/C22H20N2O4S2/c1-14-5-7-15(8-6-14)9-10-18-20(26)24(22(29)30-18)12-11-19(25)23-17-4-2-3-16(13-17)21(27)28/h2-8,10,13H,9,11-12H2,1H3,(H,23,25)(H,27,28)/b18-10-. The lowest BCUT2D eigenvalue weighted by molar-refractivity contribution is -0.122. The van der Waals surface area contributed by atoms with Gasteiger partial charge in [-0.1, -0.05) is 66.0 Å². The number of nitrogens with one attached hydrogen (secondary N) is 1. The number of carboxylic acids is 1. The molecule has 2 N–H and O–H groups in total. The van der Waals surface area contributed by atoms with Crippen molar-refractivity contribution in [1.82, 2.24) is 4.90 Å². The van der Waals surface area contributed by atoms with Gasteiger partial charge in [0, 0.05) is 18.7 Å². The van der Waals surface area contributed by atoms with E-state index in [1.165, 1.54) is 34.4 Å². The van der Waals surface area contributed by atoms with Crippen LogP contribution in [-0.2, 0) is 16.0 Å². The fourth-order valence-electron chi connectivity index (χ4n) is 2.83. The molecule has 3 rings (SSSR count). The molecule has 30 heavy (non-hydrogen) atoms. The van der Waals surface area contributed by atoms with Gasteiger partial charge in [-0.05, 0) is 37.1 Å². The van der Waals surface area contributed by atoms with E-state index in [1.54, 1.807) is 12.1 Å². The molecular formula is C22H20N2O4S2. The molecule has 0 unspecified atom stereocenters. The van der Waals surface area contributed by atoms with Crippen LogP contribution in [0.4, 0.5) is 5.69 Å². The summed E-state index contributed by atoms with van der Waals surface area (Å²) >= 11 is 6.54. The Hall–Kier alpha value is -2.97. The van der Waals surface area contributed by atoms with Crippen molar-refractivity contribution in [3.05, 3.63) is 76.2 Å². The van der Waals surface area contributed by atoms with Crippen molar-refractivity contribution in [2.75, 3.05) is 11.9 Å². The highest BCUT2D eigenvalue weighted by Crippen LogP contribution is 2.31. The van der Waals surface area contributed by atoms with Crippen LogP contribution in [0.15, 0.2) is 59.5 Å². The van der Waals surface area contributed by atoms with Crippen LogP contribution in [0.1, 0.15) is 27.9 Å². The first-order valence-electron chi connectivity index (χ1n) is 9.26. The van der Waals surface area contributed by atoms with Crippen LogP contribution < -0.4 is 5.32 Å². The van der Waals surface area contributed by atoms with Crippen molar-refractivity contribution in [2.24, 2.45) is 0 Å². The van der Waals surface area contributed by atoms with E-state index in [4.69, 9.17) is 17.3 Å². The van der Waals surface area contributed by atoms with Gasteiger partial charge in [0.2, 0.25) is 5.91 Å². The summed E-state index contributed by atoms with van der Waals surface area (Å²) < 4.78 is 0.427. The maximum Gasteiger partial charge on any atom is 0.335 e. The largest absolute Gasteiger partial charge is 0.478 e. The van der Waals surface area contributed by atoms with Crippen molar-refractivity contribution in [3.63, 3.8) is 0 Å². The lowest BCUT2D eigenvalue weighted by atomic mass is 10.1. The predicted octanol–water partition coefficient (Wildman–Crippen LogP) is 4.01. The Balaban J connectivity index is 1.55. The van der Waals surface area contributed by atoms with E-state index >= 15 is 0 Å². The Kier molecular flexibility index (Phi) is 7.02. The summed E-state index contributed by atoms with van der Waals surface area (Å²) in [4.78, 5) is 37.9. The summed E-state index contributed by atoms with van der Waals surface area (Å²) in [6, 6.07) is 14.1. The molecule has 6 nitrogen and oxygen atoms in total. The molecule has 1 saturated heterocycles. The van der Waals surface area contributed by atoms with E-state index in [-0.39, 0.29) is 30.3 Å². The average Bonchev–Trinajstić information content (AvgIpc) is 2.99. The highest BCUT2D eigenvalue weighted by Gasteiger charge is 2.31. The molecule has 0 atom stereocenters. The molecule has 0 bridgehead atoms. The number of carbonyl (C=O) groups is 3. The number of thiocarbonyl (C=S) groups is 1. The van der Waals surface area contributed by atoms with Crippen molar-refractivity contribution in [2.45, 2.75) is 19.8 Å². The van der Waals surface area contributed by atoms with E-state index in [0.29, 0.717) is 21.3 Å². The zero-order chi connectivity index (χ0) is 21.7. The Morgan fingerprint density at radius 2 is 1.93 bits per heavy atom. The Bertz CT molecular complexity index is 1030. The molecule has 0 aromatic heterocycles. The molecule has 1 aliphatic heterocycles. The molecule has 1 fully saturated rings. The van der Waals surface area contributed by atoms with E-state index in [9.17, 15) is 14.4 Å². The molecule has 2 amide bonds. The third kappa shape index (κ3) is 5.55. The van der Waals surface area contributed by atoms with Gasteiger partial charge in [-0.15, -0.1) is 0 Å². The van der Waals surface area contributed by atoms with E-state index in [2.05, 4.69) is 5.32 Å². The number of benzene rings is 2. The van der Waals surface area contributed by atoms with Crippen molar-refractivity contribution in [1.29, 1.82) is 0 Å². The Morgan fingerprint density at radius 3 is 2.63 bits per heavy atom. The van der Waals surface area contributed by atoms with Gasteiger partial charge in [0.25, 0.3) is 5.91 Å². The zero-order valence-electron chi connectivity index (χ0n) is 16.3.